The van der Waals surface area contributed by atoms with E-state index in [-0.39, 0.29) is 5.56 Å². The Morgan fingerprint density at radius 3 is 2.69 bits per heavy atom. The largest absolute Gasteiger partial charge is 0.294 e. The predicted octanol–water partition coefficient (Wildman–Crippen LogP) is 5.90. The Hall–Kier alpha value is -1.95. The molecular weight excluding hydrogens is 432 g/mol. The lowest BCUT2D eigenvalue weighted by atomic mass is 10.0. The highest BCUT2D eigenvalue weighted by Gasteiger charge is 2.17. The van der Waals surface area contributed by atoms with E-state index in [9.17, 15) is 4.79 Å². The van der Waals surface area contributed by atoms with E-state index < -0.39 is 0 Å². The maximum Gasteiger partial charge on any atom is 0.263 e. The zero-order chi connectivity index (χ0) is 18.3. The Morgan fingerprint density at radius 2 is 1.96 bits per heavy atom. The van der Waals surface area contributed by atoms with Gasteiger partial charge in [0, 0.05) is 19.9 Å². The number of benzene rings is 2. The number of aromatic nitrogens is 2. The molecule has 26 heavy (non-hydrogen) atoms. The van der Waals surface area contributed by atoms with Crippen LogP contribution in [0.4, 0.5) is 0 Å². The van der Waals surface area contributed by atoms with Gasteiger partial charge in [0.05, 0.1) is 18.3 Å². The van der Waals surface area contributed by atoms with Gasteiger partial charge in [-0.05, 0) is 42.3 Å². The van der Waals surface area contributed by atoms with Crippen molar-refractivity contribution in [2.24, 2.45) is 0 Å². The molecule has 2 aromatic carbocycles. The van der Waals surface area contributed by atoms with Crippen molar-refractivity contribution < 1.29 is 0 Å². The van der Waals surface area contributed by atoms with Crippen LogP contribution in [0.5, 0.6) is 0 Å². The van der Waals surface area contributed by atoms with Crippen LogP contribution in [-0.4, -0.2) is 9.55 Å². The molecule has 0 saturated heterocycles. The molecule has 0 amide bonds. The van der Waals surface area contributed by atoms with E-state index in [2.05, 4.69) is 20.9 Å². The summed E-state index contributed by atoms with van der Waals surface area (Å²) in [7, 11) is 0. The fourth-order valence-corrected chi connectivity index (χ4v) is 4.53. The number of thiophene rings is 1. The van der Waals surface area contributed by atoms with Crippen molar-refractivity contribution in [2.45, 2.75) is 13.5 Å². The molecule has 0 N–H and O–H groups in total. The molecule has 4 rings (SSSR count). The SMILES string of the molecule is Cc1sc2ncn(Cc3cccc(Cl)c3)c(=O)c2c1-c1ccc(Br)cc1. The highest BCUT2D eigenvalue weighted by Crippen LogP contribution is 2.35. The third-order valence-electron chi connectivity index (χ3n) is 4.23. The van der Waals surface area contributed by atoms with Crippen LogP contribution in [0.25, 0.3) is 21.3 Å². The van der Waals surface area contributed by atoms with Gasteiger partial charge in [0.1, 0.15) is 4.83 Å². The van der Waals surface area contributed by atoms with Gasteiger partial charge in [-0.3, -0.25) is 9.36 Å². The van der Waals surface area contributed by atoms with Crippen LogP contribution in [0.1, 0.15) is 10.4 Å². The topological polar surface area (TPSA) is 34.9 Å². The maximum atomic E-state index is 13.2. The minimum Gasteiger partial charge on any atom is -0.294 e. The summed E-state index contributed by atoms with van der Waals surface area (Å²) in [6, 6.07) is 15.5. The fourth-order valence-electron chi connectivity index (χ4n) is 3.05. The van der Waals surface area contributed by atoms with Crippen LogP contribution in [0.2, 0.25) is 5.02 Å². The second kappa shape index (κ2) is 6.99. The molecular formula is C20H14BrClN2OS. The predicted molar refractivity (Wildman–Crippen MR) is 112 cm³/mol. The Labute approximate surface area is 168 Å². The maximum absolute atomic E-state index is 13.2. The number of aryl methyl sites for hydroxylation is 1. The molecule has 2 heterocycles. The van der Waals surface area contributed by atoms with E-state index in [0.29, 0.717) is 17.0 Å². The highest BCUT2D eigenvalue weighted by molar-refractivity contribution is 9.10. The van der Waals surface area contributed by atoms with E-state index in [0.717, 1.165) is 30.9 Å². The first-order valence-corrected chi connectivity index (χ1v) is 10.0. The number of nitrogens with zero attached hydrogens (tertiary/aromatic N) is 2. The van der Waals surface area contributed by atoms with Crippen LogP contribution in [0.3, 0.4) is 0 Å². The third-order valence-corrected chi connectivity index (χ3v) is 6.01. The quantitative estimate of drug-likeness (QED) is 0.393. The number of hydrogen-bond donors (Lipinski definition) is 0. The molecule has 0 unspecified atom stereocenters. The first-order valence-electron chi connectivity index (χ1n) is 8.02. The number of fused-ring (bicyclic) bond motifs is 1. The second-order valence-electron chi connectivity index (χ2n) is 6.03. The second-order valence-corrected chi connectivity index (χ2v) is 8.58. The van der Waals surface area contributed by atoms with Crippen molar-refractivity contribution in [1.29, 1.82) is 0 Å². The average Bonchev–Trinajstić information content (AvgIpc) is 2.95. The lowest BCUT2D eigenvalue weighted by Crippen LogP contribution is -2.21. The van der Waals surface area contributed by atoms with Gasteiger partial charge in [-0.1, -0.05) is 51.8 Å². The van der Waals surface area contributed by atoms with Gasteiger partial charge in [-0.15, -0.1) is 11.3 Å². The van der Waals surface area contributed by atoms with E-state index in [1.165, 1.54) is 0 Å². The zero-order valence-electron chi connectivity index (χ0n) is 13.9. The van der Waals surface area contributed by atoms with Crippen LogP contribution in [0.15, 0.2) is 64.1 Å². The van der Waals surface area contributed by atoms with E-state index in [1.807, 2.05) is 55.5 Å². The standard InChI is InChI=1S/C20H14BrClN2OS/c1-12-17(14-5-7-15(21)8-6-14)18-19(26-12)23-11-24(20(18)25)10-13-3-2-4-16(22)9-13/h2-9,11H,10H2,1H3. The summed E-state index contributed by atoms with van der Waals surface area (Å²) < 4.78 is 2.65. The zero-order valence-corrected chi connectivity index (χ0v) is 17.0. The van der Waals surface area contributed by atoms with Gasteiger partial charge in [-0.25, -0.2) is 4.98 Å². The number of halogens is 2. The molecule has 0 bridgehead atoms. The monoisotopic (exact) mass is 444 g/mol. The molecule has 0 aliphatic heterocycles. The number of rotatable bonds is 3. The Kier molecular flexibility index (Phi) is 4.69. The summed E-state index contributed by atoms with van der Waals surface area (Å²) in [4.78, 5) is 19.6. The Balaban J connectivity index is 1.88. The van der Waals surface area contributed by atoms with Gasteiger partial charge in [0.25, 0.3) is 5.56 Å². The molecule has 0 aliphatic carbocycles. The van der Waals surface area contributed by atoms with Crippen LogP contribution in [-0.2, 0) is 6.54 Å². The van der Waals surface area contributed by atoms with Crippen LogP contribution < -0.4 is 5.56 Å². The molecule has 0 radical (unpaired) electrons. The molecule has 0 atom stereocenters. The van der Waals surface area contributed by atoms with E-state index >= 15 is 0 Å². The molecule has 0 spiro atoms. The molecule has 2 aromatic heterocycles. The van der Waals surface area contributed by atoms with Gasteiger partial charge < -0.3 is 0 Å². The summed E-state index contributed by atoms with van der Waals surface area (Å²) in [5.41, 5.74) is 2.93. The number of hydrogen-bond acceptors (Lipinski definition) is 3. The summed E-state index contributed by atoms with van der Waals surface area (Å²) in [5, 5.41) is 1.34. The summed E-state index contributed by atoms with van der Waals surface area (Å²) in [5.74, 6) is 0. The van der Waals surface area contributed by atoms with Crippen molar-refractivity contribution in [1.82, 2.24) is 9.55 Å². The fraction of sp³-hybridized carbons (Fsp3) is 0.100. The van der Waals surface area contributed by atoms with Crippen LogP contribution in [0, 0.1) is 6.92 Å². The van der Waals surface area contributed by atoms with Gasteiger partial charge in [0.2, 0.25) is 0 Å². The molecule has 3 nitrogen and oxygen atoms in total. The molecule has 130 valence electrons. The minimum atomic E-state index is -0.0303. The van der Waals surface area contributed by atoms with Gasteiger partial charge >= 0.3 is 0 Å². The molecule has 0 aliphatic rings. The van der Waals surface area contributed by atoms with Crippen molar-refractivity contribution in [3.8, 4) is 11.1 Å². The minimum absolute atomic E-state index is 0.0303. The van der Waals surface area contributed by atoms with E-state index in [4.69, 9.17) is 11.6 Å². The molecule has 0 saturated carbocycles. The Bertz CT molecular complexity index is 1160. The van der Waals surface area contributed by atoms with E-state index in [1.54, 1.807) is 22.2 Å². The third kappa shape index (κ3) is 3.22. The van der Waals surface area contributed by atoms with Crippen molar-refractivity contribution in [2.75, 3.05) is 0 Å². The molecule has 4 aromatic rings. The highest BCUT2D eigenvalue weighted by atomic mass is 79.9. The van der Waals surface area contributed by atoms with Crippen LogP contribution >= 0.6 is 38.9 Å². The first-order chi connectivity index (χ1) is 12.5. The Morgan fingerprint density at radius 1 is 1.19 bits per heavy atom. The normalized spacial score (nSPS) is 11.2. The van der Waals surface area contributed by atoms with Gasteiger partial charge in [-0.2, -0.15) is 0 Å². The summed E-state index contributed by atoms with van der Waals surface area (Å²) in [6.07, 6.45) is 1.62. The van der Waals surface area contributed by atoms with Crippen molar-refractivity contribution in [3.05, 3.63) is 85.1 Å². The average molecular weight is 446 g/mol. The first kappa shape index (κ1) is 17.5. The van der Waals surface area contributed by atoms with Crippen molar-refractivity contribution in [3.63, 3.8) is 0 Å². The van der Waals surface area contributed by atoms with Crippen molar-refractivity contribution >= 4 is 49.1 Å². The molecule has 0 fully saturated rings. The lowest BCUT2D eigenvalue weighted by Gasteiger charge is -2.07. The van der Waals surface area contributed by atoms with Gasteiger partial charge in [0.15, 0.2) is 0 Å². The summed E-state index contributed by atoms with van der Waals surface area (Å²) >= 11 is 11.1. The smallest absolute Gasteiger partial charge is 0.263 e. The molecule has 6 heteroatoms. The lowest BCUT2D eigenvalue weighted by molar-refractivity contribution is 0.749. The summed E-state index contributed by atoms with van der Waals surface area (Å²) in [6.45, 7) is 2.47.